The zero-order chi connectivity index (χ0) is 16.4. The van der Waals surface area contributed by atoms with Crippen LogP contribution in [0.1, 0.15) is 5.56 Å². The third kappa shape index (κ3) is 1.62. The summed E-state index contributed by atoms with van der Waals surface area (Å²) in [6.07, 6.45) is 2.28. The number of fused-ring (bicyclic) bond motifs is 7. The number of aromatic nitrogens is 3. The first-order chi connectivity index (χ1) is 12.4. The molecule has 0 unspecified atom stereocenters. The highest BCUT2D eigenvalue weighted by Gasteiger charge is 2.32. The summed E-state index contributed by atoms with van der Waals surface area (Å²) in [4.78, 5) is 0. The van der Waals surface area contributed by atoms with Gasteiger partial charge in [-0.3, -0.25) is 0 Å². The largest absolute Gasteiger partial charge is 0.375 e. The molecule has 2 aromatic heterocycles. The minimum Gasteiger partial charge on any atom is -0.223 e. The minimum absolute atomic E-state index is 0.922. The van der Waals surface area contributed by atoms with Gasteiger partial charge in [-0.2, -0.15) is 8.97 Å². The number of rotatable bonds is 1. The zero-order valence-electron chi connectivity index (χ0n) is 13.6. The van der Waals surface area contributed by atoms with Crippen LogP contribution >= 0.6 is 0 Å². The van der Waals surface area contributed by atoms with Crippen LogP contribution < -0.4 is 4.40 Å². The lowest BCUT2D eigenvalue weighted by molar-refractivity contribution is -0.480. The first kappa shape index (κ1) is 13.0. The van der Waals surface area contributed by atoms with E-state index in [4.69, 9.17) is 0 Å². The van der Waals surface area contributed by atoms with Gasteiger partial charge in [0.05, 0.1) is 6.54 Å². The molecule has 0 atom stereocenters. The minimum atomic E-state index is 0.922. The van der Waals surface area contributed by atoms with Gasteiger partial charge < -0.3 is 0 Å². The predicted molar refractivity (Wildman–Crippen MR) is 99.0 cm³/mol. The van der Waals surface area contributed by atoms with Crippen molar-refractivity contribution in [2.75, 3.05) is 0 Å². The summed E-state index contributed by atoms with van der Waals surface area (Å²) in [6.45, 7) is 0.922. The fraction of sp³-hybridized carbons (Fsp3) is 0.0455. The molecule has 0 spiro atoms. The molecule has 1 aliphatic heterocycles. The molecule has 5 aromatic rings. The van der Waals surface area contributed by atoms with Crippen LogP contribution in [0.5, 0.6) is 0 Å². The van der Waals surface area contributed by atoms with Crippen molar-refractivity contribution >= 4 is 16.8 Å². The van der Waals surface area contributed by atoms with Crippen molar-refractivity contribution in [2.24, 2.45) is 0 Å². The van der Waals surface area contributed by atoms with E-state index in [1.165, 1.54) is 39.3 Å². The second-order valence-electron chi connectivity index (χ2n) is 6.59. The van der Waals surface area contributed by atoms with Crippen molar-refractivity contribution in [3.05, 3.63) is 90.6 Å². The second kappa shape index (κ2) is 4.61. The molecule has 25 heavy (non-hydrogen) atoms. The number of hydrogen-bond acceptors (Lipinski definition) is 0. The van der Waals surface area contributed by atoms with Gasteiger partial charge >= 0.3 is 5.78 Å². The first-order valence-electron chi connectivity index (χ1n) is 8.60. The van der Waals surface area contributed by atoms with E-state index in [1.54, 1.807) is 0 Å². The molecular weight excluding hydrogens is 306 g/mol. The number of nitrogens with zero attached hydrogens (tertiary/aromatic N) is 3. The Morgan fingerprint density at radius 3 is 2.44 bits per heavy atom. The maximum atomic E-state index is 2.43. The number of para-hydroxylation sites is 3. The number of hydrogen-bond donors (Lipinski definition) is 0. The quantitative estimate of drug-likeness (QED) is 0.403. The van der Waals surface area contributed by atoms with E-state index in [0.717, 1.165) is 6.54 Å². The van der Waals surface area contributed by atoms with Crippen molar-refractivity contribution in [3.8, 4) is 16.9 Å². The van der Waals surface area contributed by atoms with Gasteiger partial charge in [0.1, 0.15) is 28.6 Å². The molecule has 0 fully saturated rings. The van der Waals surface area contributed by atoms with E-state index in [-0.39, 0.29) is 0 Å². The molecule has 3 nitrogen and oxygen atoms in total. The van der Waals surface area contributed by atoms with E-state index < -0.39 is 0 Å². The first-order valence-corrected chi connectivity index (χ1v) is 8.60. The van der Waals surface area contributed by atoms with Gasteiger partial charge in [-0.1, -0.05) is 54.6 Å². The monoisotopic (exact) mass is 322 g/mol. The fourth-order valence-electron chi connectivity index (χ4n) is 4.14. The van der Waals surface area contributed by atoms with Crippen LogP contribution in [-0.4, -0.2) is 9.13 Å². The number of imidazole rings is 2. The van der Waals surface area contributed by atoms with Gasteiger partial charge in [0.2, 0.25) is 0 Å². The topological polar surface area (TPSA) is 14.0 Å². The molecule has 118 valence electrons. The van der Waals surface area contributed by atoms with E-state index in [2.05, 4.69) is 98.6 Å². The summed E-state index contributed by atoms with van der Waals surface area (Å²) >= 11 is 0. The zero-order valence-corrected chi connectivity index (χ0v) is 13.6. The summed E-state index contributed by atoms with van der Waals surface area (Å²) in [5.41, 5.74) is 7.69. The summed E-state index contributed by atoms with van der Waals surface area (Å²) in [5, 5.41) is 0. The van der Waals surface area contributed by atoms with E-state index >= 15 is 0 Å². The molecule has 0 saturated heterocycles. The molecule has 1 aliphatic rings. The molecule has 0 aliphatic carbocycles. The Kier molecular flexibility index (Phi) is 2.40. The van der Waals surface area contributed by atoms with Crippen LogP contribution in [0.15, 0.2) is 85.1 Å². The molecule has 3 heteroatoms. The van der Waals surface area contributed by atoms with Crippen molar-refractivity contribution < 1.29 is 4.40 Å². The molecule has 0 amide bonds. The Hall–Kier alpha value is -3.33. The Morgan fingerprint density at radius 2 is 1.52 bits per heavy atom. The third-order valence-electron chi connectivity index (χ3n) is 5.22. The van der Waals surface area contributed by atoms with E-state index in [0.29, 0.717) is 0 Å². The van der Waals surface area contributed by atoms with Crippen molar-refractivity contribution in [2.45, 2.75) is 6.54 Å². The Bertz CT molecular complexity index is 1260. The van der Waals surface area contributed by atoms with E-state index in [1.807, 2.05) is 0 Å². The van der Waals surface area contributed by atoms with Gasteiger partial charge in [-0.25, -0.2) is 4.57 Å². The predicted octanol–water partition coefficient (Wildman–Crippen LogP) is 4.20. The average molecular weight is 322 g/mol. The van der Waals surface area contributed by atoms with Crippen molar-refractivity contribution in [1.82, 2.24) is 9.13 Å². The maximum Gasteiger partial charge on any atom is 0.375 e. The Balaban J connectivity index is 1.79. The molecule has 0 N–H and O–H groups in total. The highest BCUT2D eigenvalue weighted by atomic mass is 15.3. The summed E-state index contributed by atoms with van der Waals surface area (Å²) in [5.74, 6) is 1.21. The molecule has 3 heterocycles. The van der Waals surface area contributed by atoms with Gasteiger partial charge in [0.15, 0.2) is 0 Å². The normalized spacial score (nSPS) is 12.6. The average Bonchev–Trinajstić information content (AvgIpc) is 3.30. The molecule has 0 bridgehead atoms. The summed E-state index contributed by atoms with van der Waals surface area (Å²) in [6, 6.07) is 27.9. The molecule has 0 saturated carbocycles. The molecule has 3 aromatic carbocycles. The van der Waals surface area contributed by atoms with Crippen LogP contribution in [-0.2, 0) is 6.54 Å². The van der Waals surface area contributed by atoms with Crippen LogP contribution in [0, 0.1) is 0 Å². The SMILES string of the molecule is c1ccc(-n2c3ccccc3[n+]3cc4n(c23)Cc2ccccc2-4)cc1. The fourth-order valence-corrected chi connectivity index (χ4v) is 4.14. The second-order valence-corrected chi connectivity index (χ2v) is 6.59. The maximum absolute atomic E-state index is 2.43. The van der Waals surface area contributed by atoms with Gasteiger partial charge in [0.25, 0.3) is 0 Å². The van der Waals surface area contributed by atoms with Crippen LogP contribution in [0.4, 0.5) is 0 Å². The summed E-state index contributed by atoms with van der Waals surface area (Å²) < 4.78 is 7.12. The highest BCUT2D eigenvalue weighted by molar-refractivity contribution is 5.80. The van der Waals surface area contributed by atoms with Crippen LogP contribution in [0.2, 0.25) is 0 Å². The van der Waals surface area contributed by atoms with Crippen molar-refractivity contribution in [1.29, 1.82) is 0 Å². The van der Waals surface area contributed by atoms with Crippen molar-refractivity contribution in [3.63, 3.8) is 0 Å². The van der Waals surface area contributed by atoms with Gasteiger partial charge in [-0.05, 0) is 29.8 Å². The highest BCUT2D eigenvalue weighted by Crippen LogP contribution is 2.34. The Labute approximate surface area is 145 Å². The lowest BCUT2D eigenvalue weighted by Gasteiger charge is -2.01. The smallest absolute Gasteiger partial charge is 0.223 e. The Morgan fingerprint density at radius 1 is 0.760 bits per heavy atom. The number of benzene rings is 3. The van der Waals surface area contributed by atoms with Crippen LogP contribution in [0.25, 0.3) is 33.8 Å². The van der Waals surface area contributed by atoms with Gasteiger partial charge in [0, 0.05) is 5.56 Å². The third-order valence-corrected chi connectivity index (χ3v) is 5.22. The van der Waals surface area contributed by atoms with E-state index in [9.17, 15) is 0 Å². The molecular formula is C22H16N3+. The standard InChI is InChI=1S/C22H16N3/c1-2-9-17(10-3-1)25-20-13-7-6-12-19(20)24-15-21-18-11-5-4-8-16(18)14-23(21)22(24)25/h1-13,15H,14H2/q+1. The summed E-state index contributed by atoms with van der Waals surface area (Å²) in [7, 11) is 0. The van der Waals surface area contributed by atoms with Gasteiger partial charge in [-0.15, -0.1) is 0 Å². The lowest BCUT2D eigenvalue weighted by Crippen LogP contribution is -2.18. The molecule has 6 rings (SSSR count). The lowest BCUT2D eigenvalue weighted by atomic mass is 10.1. The molecule has 0 radical (unpaired) electrons. The van der Waals surface area contributed by atoms with Crippen LogP contribution in [0.3, 0.4) is 0 Å².